The maximum absolute atomic E-state index is 13.3. The van der Waals surface area contributed by atoms with Gasteiger partial charge in [0.05, 0.1) is 23.0 Å². The van der Waals surface area contributed by atoms with E-state index in [0.717, 1.165) is 25.8 Å². The molecular weight excluding hydrogens is 408 g/mol. The van der Waals surface area contributed by atoms with Gasteiger partial charge in [-0.3, -0.25) is 9.69 Å². The van der Waals surface area contributed by atoms with Crippen LogP contribution in [0.3, 0.4) is 0 Å². The molecule has 142 valence electrons. The summed E-state index contributed by atoms with van der Waals surface area (Å²) < 4.78 is 6.57. The van der Waals surface area contributed by atoms with Gasteiger partial charge in [0.2, 0.25) is 0 Å². The van der Waals surface area contributed by atoms with Crippen molar-refractivity contribution in [3.63, 3.8) is 0 Å². The Morgan fingerprint density at radius 3 is 2.57 bits per heavy atom. The molecule has 0 aliphatic rings. The molecule has 2 aromatic heterocycles. The highest BCUT2D eigenvalue weighted by Crippen LogP contribution is 2.35. The Balaban J connectivity index is 1.75. The fraction of sp³-hybridized carbons (Fsp3) is 0.143. The number of aromatic nitrogens is 1. The van der Waals surface area contributed by atoms with Crippen LogP contribution in [-0.2, 0) is 6.54 Å². The highest BCUT2D eigenvalue weighted by molar-refractivity contribution is 7.99. The van der Waals surface area contributed by atoms with E-state index >= 15 is 0 Å². The molecule has 28 heavy (non-hydrogen) atoms. The number of benzene rings is 2. The summed E-state index contributed by atoms with van der Waals surface area (Å²) in [4.78, 5) is 22.1. The lowest BCUT2D eigenvalue weighted by Crippen LogP contribution is -2.30. The summed E-state index contributed by atoms with van der Waals surface area (Å²) in [7, 11) is 0. The number of carbonyl (C=O) groups excluding carboxylic acids is 1. The quantitative estimate of drug-likeness (QED) is 0.345. The minimum absolute atomic E-state index is 0.0891. The van der Waals surface area contributed by atoms with Gasteiger partial charge in [-0.15, -0.1) is 23.5 Å². The molecule has 0 radical (unpaired) electrons. The van der Waals surface area contributed by atoms with Crippen LogP contribution in [0.25, 0.3) is 10.2 Å². The Kier molecular flexibility index (Phi) is 5.75. The smallest absolute Gasteiger partial charge is 0.260 e. The zero-order chi connectivity index (χ0) is 19.5. The fourth-order valence-electron chi connectivity index (χ4n) is 2.87. The Hall–Kier alpha value is -2.22. The Morgan fingerprint density at radius 1 is 1.07 bits per heavy atom. The predicted octanol–water partition coefficient (Wildman–Crippen LogP) is 6.18. The summed E-state index contributed by atoms with van der Waals surface area (Å²) >= 11 is 4.83. The van der Waals surface area contributed by atoms with Gasteiger partial charge >= 0.3 is 0 Å². The van der Waals surface area contributed by atoms with Gasteiger partial charge in [-0.2, -0.15) is 0 Å². The zero-order valence-electron chi connectivity index (χ0n) is 15.4. The molecule has 0 unspecified atom stereocenters. The first-order chi connectivity index (χ1) is 13.7. The van der Waals surface area contributed by atoms with Gasteiger partial charge in [-0.1, -0.05) is 17.4 Å². The maximum Gasteiger partial charge on any atom is 0.260 e. The molecule has 4 aromatic rings. The van der Waals surface area contributed by atoms with E-state index in [4.69, 9.17) is 9.40 Å². The highest BCUT2D eigenvalue weighted by atomic mass is 32.2. The van der Waals surface area contributed by atoms with Crippen LogP contribution in [0, 0.1) is 0 Å². The molecule has 1 amide bonds. The summed E-state index contributed by atoms with van der Waals surface area (Å²) in [5, 5.41) is 0.673. The number of furan rings is 1. The van der Waals surface area contributed by atoms with Crippen molar-refractivity contribution in [3.8, 4) is 0 Å². The van der Waals surface area contributed by atoms with E-state index in [9.17, 15) is 4.79 Å². The number of carbonyl (C=O) groups is 1. The van der Waals surface area contributed by atoms with Gasteiger partial charge in [-0.05, 0) is 61.0 Å². The number of nitrogens with zero attached hydrogens (tertiary/aromatic N) is 2. The molecule has 0 saturated carbocycles. The van der Waals surface area contributed by atoms with Crippen LogP contribution < -0.4 is 4.90 Å². The third-order valence-corrected chi connectivity index (χ3v) is 6.85. The second kappa shape index (κ2) is 8.43. The van der Waals surface area contributed by atoms with E-state index in [1.807, 2.05) is 61.0 Å². The van der Waals surface area contributed by atoms with Crippen molar-refractivity contribution in [1.82, 2.24) is 4.98 Å². The number of hydrogen-bond acceptors (Lipinski definition) is 6. The number of fused-ring (bicyclic) bond motifs is 1. The maximum atomic E-state index is 13.3. The molecule has 0 aliphatic carbocycles. The van der Waals surface area contributed by atoms with Gasteiger partial charge in [-0.25, -0.2) is 4.98 Å². The average Bonchev–Trinajstić information content (AvgIpc) is 3.40. The van der Waals surface area contributed by atoms with Crippen LogP contribution in [0.2, 0.25) is 0 Å². The topological polar surface area (TPSA) is 46.3 Å². The molecule has 0 aliphatic heterocycles. The van der Waals surface area contributed by atoms with Crippen molar-refractivity contribution in [2.45, 2.75) is 16.3 Å². The molecule has 0 bridgehead atoms. The van der Waals surface area contributed by atoms with E-state index in [-0.39, 0.29) is 5.91 Å². The normalized spacial score (nSPS) is 11.1. The van der Waals surface area contributed by atoms with E-state index in [1.54, 1.807) is 34.7 Å². The standard InChI is InChI=1S/C21H18N2O2S3/c1-26-16-10-8-14(9-11-16)20(24)23(13-15-5-4-12-25-15)21-22-19-17(27-2)6-3-7-18(19)28-21/h3-12H,13H2,1-2H3. The number of amides is 1. The van der Waals surface area contributed by atoms with E-state index in [0.29, 0.717) is 17.2 Å². The molecule has 0 spiro atoms. The summed E-state index contributed by atoms with van der Waals surface area (Å²) in [5.74, 6) is 0.632. The Bertz CT molecular complexity index is 1090. The summed E-state index contributed by atoms with van der Waals surface area (Å²) in [6, 6.07) is 17.5. The van der Waals surface area contributed by atoms with Gasteiger partial charge in [0, 0.05) is 15.4 Å². The molecule has 4 nitrogen and oxygen atoms in total. The lowest BCUT2D eigenvalue weighted by molar-refractivity contribution is 0.0983. The van der Waals surface area contributed by atoms with E-state index in [1.165, 1.54) is 11.3 Å². The Labute approximate surface area is 176 Å². The number of thiazole rings is 1. The molecule has 0 saturated heterocycles. The van der Waals surface area contributed by atoms with E-state index in [2.05, 4.69) is 6.07 Å². The molecule has 0 atom stereocenters. The zero-order valence-corrected chi connectivity index (χ0v) is 17.9. The van der Waals surface area contributed by atoms with Gasteiger partial charge in [0.25, 0.3) is 5.91 Å². The van der Waals surface area contributed by atoms with Gasteiger partial charge in [0.1, 0.15) is 5.76 Å². The third kappa shape index (κ3) is 3.83. The van der Waals surface area contributed by atoms with Gasteiger partial charge in [0.15, 0.2) is 5.13 Å². The van der Waals surface area contributed by atoms with Crippen LogP contribution in [0.15, 0.2) is 75.1 Å². The monoisotopic (exact) mass is 426 g/mol. The Morgan fingerprint density at radius 2 is 1.89 bits per heavy atom. The largest absolute Gasteiger partial charge is 0.467 e. The highest BCUT2D eigenvalue weighted by Gasteiger charge is 2.23. The first kappa shape index (κ1) is 19.1. The molecule has 2 aromatic carbocycles. The van der Waals surface area contributed by atoms with Crippen molar-refractivity contribution >= 4 is 56.1 Å². The van der Waals surface area contributed by atoms with Crippen molar-refractivity contribution < 1.29 is 9.21 Å². The number of para-hydroxylation sites is 1. The average molecular weight is 427 g/mol. The fourth-order valence-corrected chi connectivity index (χ4v) is 4.89. The lowest BCUT2D eigenvalue weighted by atomic mass is 10.2. The predicted molar refractivity (Wildman–Crippen MR) is 119 cm³/mol. The molecule has 7 heteroatoms. The van der Waals surface area contributed by atoms with Crippen LogP contribution in [0.1, 0.15) is 16.1 Å². The van der Waals surface area contributed by atoms with Crippen molar-refractivity contribution in [3.05, 3.63) is 72.2 Å². The minimum Gasteiger partial charge on any atom is -0.467 e. The molecular formula is C21H18N2O2S3. The van der Waals surface area contributed by atoms with Crippen molar-refractivity contribution in [2.75, 3.05) is 17.4 Å². The molecule has 0 fully saturated rings. The first-order valence-corrected chi connectivity index (χ1v) is 11.9. The van der Waals surface area contributed by atoms with E-state index < -0.39 is 0 Å². The summed E-state index contributed by atoms with van der Waals surface area (Å²) in [6.45, 7) is 0.338. The summed E-state index contributed by atoms with van der Waals surface area (Å²) in [5.41, 5.74) is 1.57. The van der Waals surface area contributed by atoms with Gasteiger partial charge < -0.3 is 4.42 Å². The second-order valence-electron chi connectivity index (χ2n) is 6.00. The van der Waals surface area contributed by atoms with Crippen molar-refractivity contribution in [1.29, 1.82) is 0 Å². The van der Waals surface area contributed by atoms with Crippen LogP contribution in [0.5, 0.6) is 0 Å². The number of hydrogen-bond donors (Lipinski definition) is 0. The lowest BCUT2D eigenvalue weighted by Gasteiger charge is -2.19. The van der Waals surface area contributed by atoms with Crippen LogP contribution in [-0.4, -0.2) is 23.4 Å². The molecule has 2 heterocycles. The van der Waals surface area contributed by atoms with Crippen LogP contribution >= 0.6 is 34.9 Å². The SMILES string of the molecule is CSc1ccc(C(=O)N(Cc2ccco2)c2nc3c(SC)cccc3s2)cc1. The molecule has 4 rings (SSSR count). The minimum atomic E-state index is -0.0891. The van der Waals surface area contributed by atoms with Crippen LogP contribution in [0.4, 0.5) is 5.13 Å². The third-order valence-electron chi connectivity index (χ3n) is 4.30. The number of rotatable bonds is 6. The van der Waals surface area contributed by atoms with Crippen molar-refractivity contribution in [2.24, 2.45) is 0 Å². The first-order valence-electron chi connectivity index (χ1n) is 8.61. The molecule has 0 N–H and O–H groups in total. The number of thioether (sulfide) groups is 2. The number of anilines is 1. The summed E-state index contributed by atoms with van der Waals surface area (Å²) in [6.07, 6.45) is 5.67. The second-order valence-corrected chi connectivity index (χ2v) is 8.74.